The second kappa shape index (κ2) is 9.42. The third-order valence-corrected chi connectivity index (χ3v) is 6.67. The van der Waals surface area contributed by atoms with E-state index in [1.54, 1.807) is 23.0 Å². The summed E-state index contributed by atoms with van der Waals surface area (Å²) in [5, 5.41) is 16.9. The van der Waals surface area contributed by atoms with Crippen LogP contribution < -0.4 is 10.9 Å². The predicted octanol–water partition coefficient (Wildman–Crippen LogP) is 2.27. The van der Waals surface area contributed by atoms with Gasteiger partial charge in [-0.25, -0.2) is 9.67 Å². The zero-order valence-electron chi connectivity index (χ0n) is 16.5. The minimum absolute atomic E-state index is 0.0136. The lowest BCUT2D eigenvalue weighted by atomic mass is 10.0. The number of nitriles is 1. The van der Waals surface area contributed by atoms with E-state index >= 15 is 0 Å². The molecule has 8 heteroatoms. The van der Waals surface area contributed by atoms with Gasteiger partial charge in [-0.1, -0.05) is 6.42 Å². The molecule has 1 saturated heterocycles. The van der Waals surface area contributed by atoms with E-state index in [1.807, 2.05) is 17.8 Å². The van der Waals surface area contributed by atoms with Crippen molar-refractivity contribution in [3.05, 3.63) is 51.6 Å². The second-order valence-electron chi connectivity index (χ2n) is 7.59. The zero-order valence-corrected chi connectivity index (χ0v) is 17.3. The van der Waals surface area contributed by atoms with Crippen LogP contribution in [-0.2, 0) is 18.7 Å². The van der Waals surface area contributed by atoms with Crippen LogP contribution in [0.3, 0.4) is 0 Å². The van der Waals surface area contributed by atoms with Crippen LogP contribution >= 0.6 is 11.8 Å². The summed E-state index contributed by atoms with van der Waals surface area (Å²) >= 11 is 1.87. The normalized spacial score (nSPS) is 19.3. The summed E-state index contributed by atoms with van der Waals surface area (Å²) in [5.41, 5.74) is 2.78. The Labute approximate surface area is 175 Å². The molecule has 0 bridgehead atoms. The lowest BCUT2D eigenvalue weighted by Gasteiger charge is -2.36. The number of nitrogens with zero attached hydrogens (tertiary/aromatic N) is 5. The standard InChI is InChI=1S/C21H26N6OS/c22-12-16-4-5-20(23-13-16)24-14-18-3-1-2-7-26(18)8-9-27-21(28)11-17-15-29-10-6-19(17)25-27/h4-5,11,13,18H,1-3,6-10,14-15H2,(H,23,24). The van der Waals surface area contributed by atoms with Gasteiger partial charge in [0.1, 0.15) is 11.9 Å². The first-order valence-corrected chi connectivity index (χ1v) is 11.4. The van der Waals surface area contributed by atoms with Gasteiger partial charge in [0.2, 0.25) is 0 Å². The molecule has 0 aromatic carbocycles. The monoisotopic (exact) mass is 410 g/mol. The number of anilines is 1. The van der Waals surface area contributed by atoms with Crippen molar-refractivity contribution >= 4 is 17.6 Å². The van der Waals surface area contributed by atoms with E-state index in [-0.39, 0.29) is 5.56 Å². The SMILES string of the molecule is N#Cc1ccc(NCC2CCCCN2CCn2nc3c(cc2=O)CSCC3)nc1. The third-order valence-electron chi connectivity index (χ3n) is 5.66. The fraction of sp³-hybridized carbons (Fsp3) is 0.524. The first-order chi connectivity index (χ1) is 14.2. The van der Waals surface area contributed by atoms with Gasteiger partial charge in [0.15, 0.2) is 0 Å². The highest BCUT2D eigenvalue weighted by Gasteiger charge is 2.22. The molecule has 1 N–H and O–H groups in total. The zero-order chi connectivity index (χ0) is 20.1. The van der Waals surface area contributed by atoms with Crippen LogP contribution in [0, 0.1) is 11.3 Å². The number of likely N-dealkylation sites (tertiary alicyclic amines) is 1. The largest absolute Gasteiger partial charge is 0.369 e. The van der Waals surface area contributed by atoms with Crippen molar-refractivity contribution in [1.29, 1.82) is 5.26 Å². The van der Waals surface area contributed by atoms with Crippen molar-refractivity contribution in [2.75, 3.05) is 30.7 Å². The molecule has 2 aromatic heterocycles. The van der Waals surface area contributed by atoms with E-state index in [0.29, 0.717) is 18.2 Å². The first-order valence-electron chi connectivity index (χ1n) is 10.2. The van der Waals surface area contributed by atoms with E-state index in [0.717, 1.165) is 61.1 Å². The minimum Gasteiger partial charge on any atom is -0.369 e. The Morgan fingerprint density at radius 1 is 1.31 bits per heavy atom. The number of piperidine rings is 1. The van der Waals surface area contributed by atoms with Gasteiger partial charge in [-0.05, 0) is 42.8 Å². The van der Waals surface area contributed by atoms with E-state index in [4.69, 9.17) is 5.26 Å². The molecule has 0 saturated carbocycles. The Bertz CT molecular complexity index is 936. The molecular formula is C21H26N6OS. The van der Waals surface area contributed by atoms with E-state index in [9.17, 15) is 4.79 Å². The topological polar surface area (TPSA) is 86.8 Å². The fourth-order valence-corrected chi connectivity index (χ4v) is 4.96. The van der Waals surface area contributed by atoms with Gasteiger partial charge in [0.05, 0.1) is 17.8 Å². The average Bonchev–Trinajstić information content (AvgIpc) is 2.77. The Kier molecular flexibility index (Phi) is 6.47. The molecule has 4 heterocycles. The molecule has 2 aromatic rings. The second-order valence-corrected chi connectivity index (χ2v) is 8.70. The van der Waals surface area contributed by atoms with Gasteiger partial charge in [-0.3, -0.25) is 9.69 Å². The average molecular weight is 411 g/mol. The van der Waals surface area contributed by atoms with Crippen molar-refractivity contribution in [2.45, 2.75) is 44.0 Å². The maximum atomic E-state index is 12.4. The molecule has 0 aliphatic carbocycles. The highest BCUT2D eigenvalue weighted by molar-refractivity contribution is 7.98. The van der Waals surface area contributed by atoms with Crippen LogP contribution in [0.1, 0.15) is 36.1 Å². The Morgan fingerprint density at radius 3 is 3.07 bits per heavy atom. The summed E-state index contributed by atoms with van der Waals surface area (Å²) in [6.45, 7) is 3.31. The predicted molar refractivity (Wildman–Crippen MR) is 115 cm³/mol. The number of nitrogens with one attached hydrogen (secondary N) is 1. The van der Waals surface area contributed by atoms with Crippen molar-refractivity contribution in [2.24, 2.45) is 0 Å². The lowest BCUT2D eigenvalue weighted by molar-refractivity contribution is 0.148. The third kappa shape index (κ3) is 4.98. The molecule has 152 valence electrons. The number of rotatable bonds is 6. The molecule has 4 rings (SSSR count). The van der Waals surface area contributed by atoms with Gasteiger partial charge in [-0.15, -0.1) is 0 Å². The van der Waals surface area contributed by atoms with Crippen LogP contribution in [-0.4, -0.2) is 51.1 Å². The molecule has 2 aliphatic rings. The maximum Gasteiger partial charge on any atom is 0.267 e. The Hall–Kier alpha value is -2.37. The Morgan fingerprint density at radius 2 is 2.24 bits per heavy atom. The highest BCUT2D eigenvalue weighted by Crippen LogP contribution is 2.21. The highest BCUT2D eigenvalue weighted by atomic mass is 32.2. The van der Waals surface area contributed by atoms with Crippen molar-refractivity contribution in [1.82, 2.24) is 19.7 Å². The molecule has 1 unspecified atom stereocenters. The number of hydrogen-bond acceptors (Lipinski definition) is 7. The maximum absolute atomic E-state index is 12.4. The van der Waals surface area contributed by atoms with Crippen LogP contribution in [0.2, 0.25) is 0 Å². The van der Waals surface area contributed by atoms with Crippen molar-refractivity contribution < 1.29 is 0 Å². The number of aromatic nitrogens is 3. The van der Waals surface area contributed by atoms with Gasteiger partial charge in [0, 0.05) is 43.6 Å². The number of aryl methyl sites for hydroxylation is 1. The number of pyridine rings is 1. The van der Waals surface area contributed by atoms with Crippen LogP contribution in [0.25, 0.3) is 0 Å². The van der Waals surface area contributed by atoms with Gasteiger partial charge in [-0.2, -0.15) is 22.1 Å². The van der Waals surface area contributed by atoms with E-state index in [2.05, 4.69) is 26.4 Å². The van der Waals surface area contributed by atoms with E-state index < -0.39 is 0 Å². The van der Waals surface area contributed by atoms with Crippen LogP contribution in [0.4, 0.5) is 5.82 Å². The lowest BCUT2D eigenvalue weighted by Crippen LogP contribution is -2.45. The van der Waals surface area contributed by atoms with Gasteiger partial charge < -0.3 is 5.32 Å². The number of fused-ring (bicyclic) bond motifs is 1. The van der Waals surface area contributed by atoms with Gasteiger partial charge in [0.25, 0.3) is 5.56 Å². The summed E-state index contributed by atoms with van der Waals surface area (Å²) in [4.78, 5) is 19.2. The molecule has 2 aliphatic heterocycles. The Balaban J connectivity index is 1.36. The molecule has 29 heavy (non-hydrogen) atoms. The van der Waals surface area contributed by atoms with Crippen LogP contribution in [0.15, 0.2) is 29.2 Å². The first kappa shape index (κ1) is 19.9. The molecule has 0 radical (unpaired) electrons. The molecular weight excluding hydrogens is 384 g/mol. The quantitative estimate of drug-likeness (QED) is 0.782. The fourth-order valence-electron chi connectivity index (χ4n) is 4.01. The summed E-state index contributed by atoms with van der Waals surface area (Å²) < 4.78 is 1.65. The van der Waals surface area contributed by atoms with Crippen LogP contribution in [0.5, 0.6) is 0 Å². The van der Waals surface area contributed by atoms with Crippen molar-refractivity contribution in [3.63, 3.8) is 0 Å². The number of hydrogen-bond donors (Lipinski definition) is 1. The smallest absolute Gasteiger partial charge is 0.267 e. The minimum atomic E-state index is 0.0136. The molecule has 1 atom stereocenters. The molecule has 0 spiro atoms. The molecule has 0 amide bonds. The summed E-state index contributed by atoms with van der Waals surface area (Å²) in [5.74, 6) is 2.78. The summed E-state index contributed by atoms with van der Waals surface area (Å²) in [6.07, 6.45) is 6.09. The van der Waals surface area contributed by atoms with Gasteiger partial charge >= 0.3 is 0 Å². The van der Waals surface area contributed by atoms with Crippen molar-refractivity contribution in [3.8, 4) is 6.07 Å². The van der Waals surface area contributed by atoms with E-state index in [1.165, 1.54) is 12.8 Å². The number of thioether (sulfide) groups is 1. The summed E-state index contributed by atoms with van der Waals surface area (Å²) in [6, 6.07) is 7.90. The summed E-state index contributed by atoms with van der Waals surface area (Å²) in [7, 11) is 0. The molecule has 1 fully saturated rings. The molecule has 7 nitrogen and oxygen atoms in total.